The van der Waals surface area contributed by atoms with E-state index in [1.54, 1.807) is 30.3 Å². The quantitative estimate of drug-likeness (QED) is 0.478. The lowest BCUT2D eigenvalue weighted by atomic mass is 9.99. The molecular weight excluding hydrogens is 463 g/mol. The fourth-order valence-electron chi connectivity index (χ4n) is 3.31. The molecule has 1 aliphatic carbocycles. The highest BCUT2D eigenvalue weighted by atomic mass is 35.5. The van der Waals surface area contributed by atoms with Gasteiger partial charge >= 0.3 is 0 Å². The lowest BCUT2D eigenvalue weighted by Crippen LogP contribution is -2.17. The van der Waals surface area contributed by atoms with E-state index >= 15 is 0 Å². The first-order valence-corrected chi connectivity index (χ1v) is 12.1. The average Bonchev–Trinajstić information content (AvgIpc) is 3.26. The minimum absolute atomic E-state index is 0.0699. The molecule has 1 heterocycles. The summed E-state index contributed by atoms with van der Waals surface area (Å²) < 4.78 is 25.1. The molecule has 1 aromatic heterocycles. The molecule has 0 saturated heterocycles. The van der Waals surface area contributed by atoms with Crippen LogP contribution in [-0.2, 0) is 21.1 Å². The standard InChI is InChI=1S/C22H14Cl2O4S2/c23-19-10-13(9-15(25)12-30(27,28)21-8-7-20(24)29-21)5-6-17(19)18-11-14-3-1-2-4-16(14)22(18)26/h1-8,10-11H,9,12H2. The van der Waals surface area contributed by atoms with Crippen molar-refractivity contribution in [2.24, 2.45) is 0 Å². The molecule has 0 amide bonds. The van der Waals surface area contributed by atoms with E-state index in [1.165, 1.54) is 12.1 Å². The Morgan fingerprint density at radius 3 is 2.40 bits per heavy atom. The number of Topliss-reactive ketones (excluding diaryl/α,β-unsaturated/α-hetero) is 2. The van der Waals surface area contributed by atoms with Gasteiger partial charge in [0.1, 0.15) is 9.96 Å². The maximum Gasteiger partial charge on any atom is 0.194 e. The Bertz CT molecular complexity index is 1320. The zero-order chi connectivity index (χ0) is 21.5. The highest BCUT2D eigenvalue weighted by molar-refractivity contribution is 7.94. The number of benzene rings is 2. The fraction of sp³-hybridized carbons (Fsp3) is 0.0909. The van der Waals surface area contributed by atoms with E-state index in [4.69, 9.17) is 23.2 Å². The minimum atomic E-state index is -3.73. The van der Waals surface area contributed by atoms with Crippen LogP contribution in [-0.4, -0.2) is 25.7 Å². The van der Waals surface area contributed by atoms with Crippen molar-refractivity contribution in [3.63, 3.8) is 0 Å². The van der Waals surface area contributed by atoms with Crippen LogP contribution in [0.15, 0.2) is 58.8 Å². The summed E-state index contributed by atoms with van der Waals surface area (Å²) in [6.07, 6.45) is 1.72. The molecule has 2 aromatic carbocycles. The monoisotopic (exact) mass is 476 g/mol. The normalized spacial score (nSPS) is 13.3. The first kappa shape index (κ1) is 21.0. The van der Waals surface area contributed by atoms with Crippen molar-refractivity contribution in [2.45, 2.75) is 10.6 Å². The summed E-state index contributed by atoms with van der Waals surface area (Å²) in [5.41, 5.74) is 3.12. The van der Waals surface area contributed by atoms with Gasteiger partial charge in [-0.3, -0.25) is 9.59 Å². The lowest BCUT2D eigenvalue weighted by molar-refractivity contribution is -0.116. The molecule has 0 spiro atoms. The maximum atomic E-state index is 12.6. The Morgan fingerprint density at radius 2 is 1.73 bits per heavy atom. The van der Waals surface area contributed by atoms with E-state index in [-0.39, 0.29) is 16.4 Å². The molecule has 1 aliphatic rings. The van der Waals surface area contributed by atoms with E-state index in [9.17, 15) is 18.0 Å². The third kappa shape index (κ3) is 4.14. The largest absolute Gasteiger partial charge is 0.298 e. The molecule has 4 nitrogen and oxygen atoms in total. The molecule has 0 N–H and O–H groups in total. The predicted octanol–water partition coefficient (Wildman–Crippen LogP) is 5.38. The SMILES string of the molecule is O=C(Cc1ccc(C2=Cc3ccccc3C2=O)c(Cl)c1)CS(=O)(=O)c1ccc(Cl)s1. The minimum Gasteiger partial charge on any atom is -0.298 e. The number of halogens is 2. The molecule has 8 heteroatoms. The molecule has 0 fully saturated rings. The van der Waals surface area contributed by atoms with Crippen molar-refractivity contribution >= 4 is 67.6 Å². The summed E-state index contributed by atoms with van der Waals surface area (Å²) in [6.45, 7) is 0. The van der Waals surface area contributed by atoms with Gasteiger partial charge in [-0.05, 0) is 35.4 Å². The van der Waals surface area contributed by atoms with Crippen LogP contribution in [0.5, 0.6) is 0 Å². The summed E-state index contributed by atoms with van der Waals surface area (Å²) in [5.74, 6) is -1.16. The number of carbonyl (C=O) groups is 2. The highest BCUT2D eigenvalue weighted by Gasteiger charge is 2.25. The maximum absolute atomic E-state index is 12.6. The van der Waals surface area contributed by atoms with Crippen LogP contribution in [0, 0.1) is 0 Å². The second kappa shape index (κ2) is 8.12. The molecule has 0 radical (unpaired) electrons. The van der Waals surface area contributed by atoms with E-state index in [1.807, 2.05) is 18.2 Å². The molecule has 0 atom stereocenters. The zero-order valence-corrected chi connectivity index (χ0v) is 18.5. The van der Waals surface area contributed by atoms with Crippen molar-refractivity contribution < 1.29 is 18.0 Å². The number of rotatable bonds is 6. The number of sulfone groups is 1. The van der Waals surface area contributed by atoms with Gasteiger partial charge < -0.3 is 0 Å². The first-order chi connectivity index (χ1) is 14.2. The summed E-state index contributed by atoms with van der Waals surface area (Å²) >= 11 is 13.1. The zero-order valence-electron chi connectivity index (χ0n) is 15.4. The van der Waals surface area contributed by atoms with E-state index in [0.717, 1.165) is 16.9 Å². The smallest absolute Gasteiger partial charge is 0.194 e. The van der Waals surface area contributed by atoms with Crippen LogP contribution in [0.1, 0.15) is 27.0 Å². The third-order valence-corrected chi connectivity index (χ3v) is 8.48. The van der Waals surface area contributed by atoms with E-state index in [2.05, 4.69) is 0 Å². The van der Waals surface area contributed by atoms with Gasteiger partial charge in [0.05, 0.1) is 4.34 Å². The van der Waals surface area contributed by atoms with E-state index in [0.29, 0.717) is 31.6 Å². The van der Waals surface area contributed by atoms with Gasteiger partial charge in [0.15, 0.2) is 21.4 Å². The van der Waals surface area contributed by atoms with Crippen molar-refractivity contribution in [1.82, 2.24) is 0 Å². The molecule has 0 bridgehead atoms. The number of allylic oxidation sites excluding steroid dienone is 1. The van der Waals surface area contributed by atoms with Gasteiger partial charge in [0, 0.05) is 28.1 Å². The third-order valence-electron chi connectivity index (χ3n) is 4.68. The second-order valence-corrected chi connectivity index (χ2v) is 11.2. The van der Waals surface area contributed by atoms with Crippen molar-refractivity contribution in [3.8, 4) is 0 Å². The number of ketones is 2. The van der Waals surface area contributed by atoms with Crippen molar-refractivity contribution in [3.05, 3.63) is 86.2 Å². The molecule has 0 unspecified atom stereocenters. The van der Waals surface area contributed by atoms with Gasteiger partial charge in [-0.15, -0.1) is 11.3 Å². The summed E-state index contributed by atoms with van der Waals surface area (Å²) in [6, 6.07) is 15.2. The molecule has 0 aliphatic heterocycles. The Labute approximate surface area is 187 Å². The lowest BCUT2D eigenvalue weighted by Gasteiger charge is -2.08. The first-order valence-electron chi connectivity index (χ1n) is 8.88. The average molecular weight is 477 g/mol. The topological polar surface area (TPSA) is 68.3 Å². The van der Waals surface area contributed by atoms with Gasteiger partial charge in [0.2, 0.25) is 0 Å². The molecule has 152 valence electrons. The molecule has 0 saturated carbocycles. The summed E-state index contributed by atoms with van der Waals surface area (Å²) in [7, 11) is -3.73. The van der Waals surface area contributed by atoms with Gasteiger partial charge in [-0.1, -0.05) is 59.6 Å². The highest BCUT2D eigenvalue weighted by Crippen LogP contribution is 2.35. The Morgan fingerprint density at radius 1 is 0.967 bits per heavy atom. The van der Waals surface area contributed by atoms with Gasteiger partial charge in [0.25, 0.3) is 0 Å². The van der Waals surface area contributed by atoms with Crippen LogP contribution >= 0.6 is 34.5 Å². The Kier molecular flexibility index (Phi) is 5.68. The van der Waals surface area contributed by atoms with Crippen LogP contribution in [0.4, 0.5) is 0 Å². The number of hydrogen-bond acceptors (Lipinski definition) is 5. The Balaban J connectivity index is 1.50. The second-order valence-electron chi connectivity index (χ2n) is 6.82. The van der Waals surface area contributed by atoms with Crippen molar-refractivity contribution in [2.75, 3.05) is 5.75 Å². The number of carbonyl (C=O) groups excluding carboxylic acids is 2. The number of thiophene rings is 1. The van der Waals surface area contributed by atoms with Crippen LogP contribution in [0.25, 0.3) is 11.6 Å². The number of fused-ring (bicyclic) bond motifs is 1. The predicted molar refractivity (Wildman–Crippen MR) is 120 cm³/mol. The number of hydrogen-bond donors (Lipinski definition) is 0. The van der Waals surface area contributed by atoms with Crippen molar-refractivity contribution in [1.29, 1.82) is 0 Å². The molecule has 3 aromatic rings. The molecule has 30 heavy (non-hydrogen) atoms. The summed E-state index contributed by atoms with van der Waals surface area (Å²) in [4.78, 5) is 25.0. The van der Waals surface area contributed by atoms with Crippen LogP contribution in [0.3, 0.4) is 0 Å². The summed E-state index contributed by atoms with van der Waals surface area (Å²) in [5, 5.41) is 0.334. The molecular formula is C22H14Cl2O4S2. The fourth-order valence-corrected chi connectivity index (χ4v) is 6.43. The van der Waals surface area contributed by atoms with Crippen LogP contribution < -0.4 is 0 Å². The van der Waals surface area contributed by atoms with Gasteiger partial charge in [-0.2, -0.15) is 0 Å². The van der Waals surface area contributed by atoms with Crippen LogP contribution in [0.2, 0.25) is 9.36 Å². The molecule has 4 rings (SSSR count). The van der Waals surface area contributed by atoms with E-state index < -0.39 is 21.4 Å². The van der Waals surface area contributed by atoms with Gasteiger partial charge in [-0.25, -0.2) is 8.42 Å². The Hall–Kier alpha value is -2.25.